The summed E-state index contributed by atoms with van der Waals surface area (Å²) in [5.41, 5.74) is 9.57. The van der Waals surface area contributed by atoms with E-state index in [1.54, 1.807) is 0 Å². The van der Waals surface area contributed by atoms with Crippen LogP contribution >= 0.6 is 21.6 Å². The molecular weight excluding hydrogens is 549 g/mol. The summed E-state index contributed by atoms with van der Waals surface area (Å²) in [6.45, 7) is 32.4. The Morgan fingerprint density at radius 3 is 1.38 bits per heavy atom. The quantitative estimate of drug-likeness (QED) is 0.155. The summed E-state index contributed by atoms with van der Waals surface area (Å²) in [5.74, 6) is 2.48. The van der Waals surface area contributed by atoms with Gasteiger partial charge in [0.1, 0.15) is 6.54 Å². The van der Waals surface area contributed by atoms with Crippen molar-refractivity contribution in [1.29, 1.82) is 0 Å². The Morgan fingerprint density at radius 1 is 0.524 bits per heavy atom. The van der Waals surface area contributed by atoms with Gasteiger partial charge in [-0.3, -0.25) is 0 Å². The van der Waals surface area contributed by atoms with Gasteiger partial charge in [-0.05, 0) is 94.0 Å². The molecule has 0 radical (unpaired) electrons. The Bertz CT molecular complexity index is 926. The van der Waals surface area contributed by atoms with Gasteiger partial charge >= 0.3 is 0 Å². The molecule has 2 aromatic rings. The zero-order chi connectivity index (χ0) is 31.6. The van der Waals surface area contributed by atoms with E-state index in [2.05, 4.69) is 141 Å². The Labute approximate surface area is 269 Å². The SMILES string of the molecule is CC(C)(C)c1cc(CCCNCCCSSCCC[NH2+]Cc2cc(C(C)(C)C)cc(C(C)(C)C)c2)cc(C(C)(C)C)c1. The molecule has 0 fully saturated rings. The lowest BCUT2D eigenvalue weighted by Gasteiger charge is -2.26. The summed E-state index contributed by atoms with van der Waals surface area (Å²) in [7, 11) is 4.10. The fourth-order valence-electron chi connectivity index (χ4n) is 4.85. The van der Waals surface area contributed by atoms with Crippen LogP contribution in [-0.4, -0.2) is 31.1 Å². The molecular formula is C38H65N2S2+. The Morgan fingerprint density at radius 2 is 0.929 bits per heavy atom. The first-order valence-corrected chi connectivity index (χ1v) is 18.9. The molecule has 0 unspecified atom stereocenters. The lowest BCUT2D eigenvalue weighted by Crippen LogP contribution is -2.82. The molecule has 2 nitrogen and oxygen atoms in total. The van der Waals surface area contributed by atoms with Crippen LogP contribution in [0.3, 0.4) is 0 Å². The summed E-state index contributed by atoms with van der Waals surface area (Å²) in [5, 5.41) is 6.17. The number of aryl methyl sites for hydroxylation is 1. The number of benzene rings is 2. The Hall–Kier alpha value is -0.940. The van der Waals surface area contributed by atoms with E-state index in [9.17, 15) is 0 Å². The monoisotopic (exact) mass is 613 g/mol. The summed E-state index contributed by atoms with van der Waals surface area (Å²) in [6.07, 6.45) is 4.88. The normalized spacial score (nSPS) is 13.1. The Balaban J connectivity index is 1.57. The van der Waals surface area contributed by atoms with Gasteiger partial charge in [-0.15, -0.1) is 0 Å². The number of quaternary nitrogens is 1. The molecule has 0 aliphatic heterocycles. The molecule has 2 aromatic carbocycles. The molecule has 0 aromatic heterocycles. The number of rotatable bonds is 15. The van der Waals surface area contributed by atoms with Crippen molar-refractivity contribution in [2.45, 2.75) is 137 Å². The fraction of sp³-hybridized carbons (Fsp3) is 0.684. The minimum Gasteiger partial charge on any atom is -0.342 e. The van der Waals surface area contributed by atoms with Gasteiger partial charge in [-0.1, -0.05) is 129 Å². The third-order valence-corrected chi connectivity index (χ3v) is 10.5. The van der Waals surface area contributed by atoms with Crippen LogP contribution in [0.1, 0.15) is 136 Å². The molecule has 42 heavy (non-hydrogen) atoms. The van der Waals surface area contributed by atoms with E-state index >= 15 is 0 Å². The molecule has 0 saturated carbocycles. The maximum absolute atomic E-state index is 3.68. The molecule has 0 saturated heterocycles. The standard InChI is InChI=1S/C38H64N2S2/c1-35(2,3)31-22-29(23-32(26-31)36(4,5)6)16-13-17-39-18-14-20-41-42-21-15-19-40-28-30-24-33(37(7,8)9)27-34(25-30)38(10,11)12/h22-27,39-40H,13-21,28H2,1-12H3/p+1. The highest BCUT2D eigenvalue weighted by atomic mass is 33.1. The third-order valence-electron chi connectivity index (χ3n) is 7.95. The number of nitrogens with two attached hydrogens (primary N) is 1. The summed E-state index contributed by atoms with van der Waals surface area (Å²) in [4.78, 5) is 0. The highest BCUT2D eigenvalue weighted by Gasteiger charge is 2.22. The molecule has 2 rings (SSSR count). The lowest BCUT2D eigenvalue weighted by atomic mass is 9.79. The summed E-state index contributed by atoms with van der Waals surface area (Å²) in [6, 6.07) is 14.6. The first-order valence-electron chi connectivity index (χ1n) is 16.4. The average molecular weight is 614 g/mol. The molecule has 0 amide bonds. The predicted molar refractivity (Wildman–Crippen MR) is 194 cm³/mol. The van der Waals surface area contributed by atoms with Crippen LogP contribution < -0.4 is 10.6 Å². The Kier molecular flexibility index (Phi) is 14.5. The zero-order valence-electron chi connectivity index (χ0n) is 29.4. The third kappa shape index (κ3) is 13.8. The number of nitrogens with one attached hydrogen (secondary N) is 1. The van der Waals surface area contributed by atoms with Gasteiger partial charge in [0.2, 0.25) is 0 Å². The van der Waals surface area contributed by atoms with Gasteiger partial charge in [0.05, 0.1) is 6.54 Å². The fourth-order valence-corrected chi connectivity index (χ4v) is 7.05. The van der Waals surface area contributed by atoms with Crippen molar-refractivity contribution in [3.8, 4) is 0 Å². The van der Waals surface area contributed by atoms with Gasteiger partial charge < -0.3 is 10.6 Å². The predicted octanol–water partition coefficient (Wildman–Crippen LogP) is 9.32. The van der Waals surface area contributed by atoms with E-state index in [1.165, 1.54) is 70.7 Å². The second-order valence-corrected chi connectivity index (χ2v) is 19.0. The van der Waals surface area contributed by atoms with E-state index in [0.717, 1.165) is 26.1 Å². The average Bonchev–Trinajstić information content (AvgIpc) is 2.86. The van der Waals surface area contributed by atoms with Crippen LogP contribution in [0.5, 0.6) is 0 Å². The summed E-state index contributed by atoms with van der Waals surface area (Å²) < 4.78 is 0. The van der Waals surface area contributed by atoms with E-state index in [4.69, 9.17) is 0 Å². The van der Waals surface area contributed by atoms with Crippen LogP contribution in [0, 0.1) is 0 Å². The molecule has 4 heteroatoms. The maximum atomic E-state index is 3.68. The summed E-state index contributed by atoms with van der Waals surface area (Å²) >= 11 is 0. The lowest BCUT2D eigenvalue weighted by molar-refractivity contribution is -0.670. The molecule has 0 spiro atoms. The molecule has 238 valence electrons. The number of hydrogen-bond acceptors (Lipinski definition) is 3. The van der Waals surface area contributed by atoms with Gasteiger partial charge in [0, 0.05) is 23.5 Å². The second-order valence-electron chi connectivity index (χ2n) is 16.3. The molecule has 0 heterocycles. The van der Waals surface area contributed by atoms with Crippen molar-refractivity contribution in [2.24, 2.45) is 0 Å². The number of hydrogen-bond donors (Lipinski definition) is 2. The van der Waals surface area contributed by atoms with Gasteiger partial charge in [-0.2, -0.15) is 0 Å². The molecule has 0 aliphatic carbocycles. The van der Waals surface area contributed by atoms with Crippen LogP contribution in [-0.2, 0) is 34.6 Å². The van der Waals surface area contributed by atoms with Gasteiger partial charge in [0.15, 0.2) is 0 Å². The van der Waals surface area contributed by atoms with Crippen LogP contribution in [0.2, 0.25) is 0 Å². The first-order chi connectivity index (χ1) is 19.4. The van der Waals surface area contributed by atoms with E-state index in [1.807, 2.05) is 10.8 Å². The maximum Gasteiger partial charge on any atom is 0.101 e. The first kappa shape index (κ1) is 37.2. The van der Waals surface area contributed by atoms with E-state index in [0.29, 0.717) is 0 Å². The van der Waals surface area contributed by atoms with E-state index < -0.39 is 0 Å². The van der Waals surface area contributed by atoms with Crippen molar-refractivity contribution in [2.75, 3.05) is 31.1 Å². The van der Waals surface area contributed by atoms with Crippen molar-refractivity contribution in [3.63, 3.8) is 0 Å². The van der Waals surface area contributed by atoms with Crippen molar-refractivity contribution in [3.05, 3.63) is 69.8 Å². The second kappa shape index (κ2) is 16.4. The van der Waals surface area contributed by atoms with Gasteiger partial charge in [-0.25, -0.2) is 0 Å². The molecule has 0 aliphatic rings. The highest BCUT2D eigenvalue weighted by molar-refractivity contribution is 8.76. The molecule has 0 bridgehead atoms. The largest absolute Gasteiger partial charge is 0.342 e. The van der Waals surface area contributed by atoms with Crippen molar-refractivity contribution < 1.29 is 5.32 Å². The smallest absolute Gasteiger partial charge is 0.101 e. The van der Waals surface area contributed by atoms with Gasteiger partial charge in [0.25, 0.3) is 0 Å². The minimum atomic E-state index is 0.189. The highest BCUT2D eigenvalue weighted by Crippen LogP contribution is 2.32. The zero-order valence-corrected chi connectivity index (χ0v) is 31.1. The van der Waals surface area contributed by atoms with Crippen LogP contribution in [0.15, 0.2) is 36.4 Å². The van der Waals surface area contributed by atoms with Crippen molar-refractivity contribution >= 4 is 21.6 Å². The minimum absolute atomic E-state index is 0.189. The van der Waals surface area contributed by atoms with Crippen LogP contribution in [0.25, 0.3) is 0 Å². The van der Waals surface area contributed by atoms with E-state index in [-0.39, 0.29) is 21.7 Å². The van der Waals surface area contributed by atoms with Crippen LogP contribution in [0.4, 0.5) is 0 Å². The van der Waals surface area contributed by atoms with Crippen molar-refractivity contribution in [1.82, 2.24) is 5.32 Å². The molecule has 3 N–H and O–H groups in total. The molecule has 0 atom stereocenters. The topological polar surface area (TPSA) is 28.6 Å².